The fourth-order valence-corrected chi connectivity index (χ4v) is 2.05. The SMILES string of the molecule is CC1=CC(=O)N(Cc2cccc(Br)c2)C1=O. The maximum Gasteiger partial charge on any atom is 0.256 e. The maximum atomic E-state index is 11.6. The molecule has 1 aromatic carbocycles. The standard InChI is InChI=1S/C12H10BrNO2/c1-8-5-11(15)14(12(8)16)7-9-3-2-4-10(13)6-9/h2-6H,7H2,1H3. The number of hydrogen-bond donors (Lipinski definition) is 0. The average molecular weight is 280 g/mol. The first-order valence-electron chi connectivity index (χ1n) is 4.86. The Morgan fingerprint density at radius 2 is 2.06 bits per heavy atom. The van der Waals surface area contributed by atoms with Crippen molar-refractivity contribution in [2.45, 2.75) is 13.5 Å². The monoisotopic (exact) mass is 279 g/mol. The number of amides is 2. The van der Waals surface area contributed by atoms with E-state index in [1.807, 2.05) is 24.3 Å². The van der Waals surface area contributed by atoms with Crippen LogP contribution in [-0.2, 0) is 16.1 Å². The smallest absolute Gasteiger partial charge is 0.256 e. The van der Waals surface area contributed by atoms with Crippen LogP contribution in [-0.4, -0.2) is 16.7 Å². The van der Waals surface area contributed by atoms with Crippen LogP contribution in [0.5, 0.6) is 0 Å². The molecular weight excluding hydrogens is 270 g/mol. The van der Waals surface area contributed by atoms with Gasteiger partial charge in [-0.1, -0.05) is 28.1 Å². The maximum absolute atomic E-state index is 11.6. The molecule has 0 unspecified atom stereocenters. The van der Waals surface area contributed by atoms with Gasteiger partial charge in [0.05, 0.1) is 6.54 Å². The number of imide groups is 1. The summed E-state index contributed by atoms with van der Waals surface area (Å²) in [5.74, 6) is -0.438. The van der Waals surface area contributed by atoms with Crippen LogP contribution in [0.3, 0.4) is 0 Å². The van der Waals surface area contributed by atoms with E-state index in [2.05, 4.69) is 15.9 Å². The molecule has 0 spiro atoms. The Morgan fingerprint density at radius 1 is 1.31 bits per heavy atom. The molecule has 0 radical (unpaired) electrons. The highest BCUT2D eigenvalue weighted by Gasteiger charge is 2.27. The summed E-state index contributed by atoms with van der Waals surface area (Å²) in [4.78, 5) is 24.4. The summed E-state index contributed by atoms with van der Waals surface area (Å²) >= 11 is 3.35. The Balaban J connectivity index is 2.18. The Hall–Kier alpha value is -1.42. The predicted octanol–water partition coefficient (Wildman–Crippen LogP) is 2.26. The lowest BCUT2D eigenvalue weighted by Gasteiger charge is -2.14. The molecular formula is C12H10BrNO2. The van der Waals surface area contributed by atoms with E-state index in [0.29, 0.717) is 12.1 Å². The molecule has 0 atom stereocenters. The lowest BCUT2D eigenvalue weighted by molar-refractivity contribution is -0.137. The first-order valence-corrected chi connectivity index (χ1v) is 5.66. The second-order valence-corrected chi connectivity index (χ2v) is 4.60. The van der Waals surface area contributed by atoms with Gasteiger partial charge in [-0.15, -0.1) is 0 Å². The van der Waals surface area contributed by atoms with E-state index >= 15 is 0 Å². The van der Waals surface area contributed by atoms with E-state index < -0.39 is 0 Å². The molecule has 0 aromatic heterocycles. The van der Waals surface area contributed by atoms with Crippen molar-refractivity contribution >= 4 is 27.7 Å². The molecule has 1 heterocycles. The summed E-state index contributed by atoms with van der Waals surface area (Å²) in [6.45, 7) is 1.98. The largest absolute Gasteiger partial charge is 0.271 e. The van der Waals surface area contributed by atoms with Gasteiger partial charge in [0.1, 0.15) is 0 Å². The minimum Gasteiger partial charge on any atom is -0.271 e. The number of benzene rings is 1. The van der Waals surface area contributed by atoms with E-state index in [1.165, 1.54) is 11.0 Å². The zero-order valence-electron chi connectivity index (χ0n) is 8.74. The molecule has 2 amide bonds. The summed E-state index contributed by atoms with van der Waals surface area (Å²) < 4.78 is 0.939. The Kier molecular flexibility index (Phi) is 2.92. The normalized spacial score (nSPS) is 15.6. The molecule has 1 aliphatic rings. The predicted molar refractivity (Wildman–Crippen MR) is 63.5 cm³/mol. The quantitative estimate of drug-likeness (QED) is 0.779. The van der Waals surface area contributed by atoms with Gasteiger partial charge < -0.3 is 0 Å². The number of hydrogen-bond acceptors (Lipinski definition) is 2. The lowest BCUT2D eigenvalue weighted by atomic mass is 10.2. The van der Waals surface area contributed by atoms with Crippen LogP contribution in [0.2, 0.25) is 0 Å². The minimum absolute atomic E-state index is 0.204. The highest BCUT2D eigenvalue weighted by atomic mass is 79.9. The fourth-order valence-electron chi connectivity index (χ4n) is 1.61. The molecule has 82 valence electrons. The summed E-state index contributed by atoms with van der Waals surface area (Å²) in [5.41, 5.74) is 1.43. The summed E-state index contributed by atoms with van der Waals surface area (Å²) in [6, 6.07) is 7.57. The first kappa shape index (κ1) is 11.1. The van der Waals surface area contributed by atoms with Crippen molar-refractivity contribution < 1.29 is 9.59 Å². The van der Waals surface area contributed by atoms with Gasteiger partial charge in [0.15, 0.2) is 0 Å². The van der Waals surface area contributed by atoms with Crippen molar-refractivity contribution in [3.8, 4) is 0 Å². The second-order valence-electron chi connectivity index (χ2n) is 3.69. The van der Waals surface area contributed by atoms with Crippen molar-refractivity contribution in [1.29, 1.82) is 0 Å². The third-order valence-corrected chi connectivity index (χ3v) is 2.91. The van der Waals surface area contributed by atoms with Crippen LogP contribution in [0.4, 0.5) is 0 Å². The van der Waals surface area contributed by atoms with Crippen LogP contribution < -0.4 is 0 Å². The summed E-state index contributed by atoms with van der Waals surface area (Å²) in [7, 11) is 0. The third-order valence-electron chi connectivity index (χ3n) is 2.42. The highest BCUT2D eigenvalue weighted by Crippen LogP contribution is 2.18. The van der Waals surface area contributed by atoms with Gasteiger partial charge in [0, 0.05) is 16.1 Å². The van der Waals surface area contributed by atoms with Crippen molar-refractivity contribution in [3.63, 3.8) is 0 Å². The average Bonchev–Trinajstić information content (AvgIpc) is 2.45. The second kappa shape index (κ2) is 4.22. The molecule has 16 heavy (non-hydrogen) atoms. The van der Waals surface area contributed by atoms with E-state index in [9.17, 15) is 9.59 Å². The van der Waals surface area contributed by atoms with Crippen LogP contribution in [0.25, 0.3) is 0 Å². The van der Waals surface area contributed by atoms with Gasteiger partial charge in [0.2, 0.25) is 0 Å². The molecule has 3 nitrogen and oxygen atoms in total. The molecule has 0 bridgehead atoms. The zero-order valence-corrected chi connectivity index (χ0v) is 10.3. The third kappa shape index (κ3) is 2.07. The van der Waals surface area contributed by atoms with Crippen LogP contribution >= 0.6 is 15.9 Å². The lowest BCUT2D eigenvalue weighted by Crippen LogP contribution is -2.30. The van der Waals surface area contributed by atoms with Gasteiger partial charge in [-0.05, 0) is 24.6 Å². The van der Waals surface area contributed by atoms with Crippen molar-refractivity contribution in [3.05, 3.63) is 46.0 Å². The number of halogens is 1. The van der Waals surface area contributed by atoms with E-state index in [4.69, 9.17) is 0 Å². The van der Waals surface area contributed by atoms with Crippen LogP contribution in [0.15, 0.2) is 40.4 Å². The van der Waals surface area contributed by atoms with Gasteiger partial charge in [0.25, 0.3) is 11.8 Å². The molecule has 0 saturated carbocycles. The van der Waals surface area contributed by atoms with Crippen molar-refractivity contribution in [1.82, 2.24) is 4.90 Å². The fraction of sp³-hybridized carbons (Fsp3) is 0.167. The first-order chi connectivity index (χ1) is 7.58. The Morgan fingerprint density at radius 3 is 2.62 bits per heavy atom. The van der Waals surface area contributed by atoms with Crippen molar-refractivity contribution in [2.75, 3.05) is 0 Å². The number of rotatable bonds is 2. The van der Waals surface area contributed by atoms with E-state index in [-0.39, 0.29) is 11.8 Å². The van der Waals surface area contributed by atoms with Gasteiger partial charge in [-0.3, -0.25) is 14.5 Å². The Labute approximate surface area is 102 Å². The molecule has 1 aliphatic heterocycles. The molecule has 0 saturated heterocycles. The number of nitrogens with zero attached hydrogens (tertiary/aromatic N) is 1. The van der Waals surface area contributed by atoms with Gasteiger partial charge in [-0.25, -0.2) is 0 Å². The number of carbonyl (C=O) groups excluding carboxylic acids is 2. The van der Waals surface area contributed by atoms with E-state index in [1.54, 1.807) is 6.92 Å². The number of carbonyl (C=O) groups is 2. The molecule has 1 aromatic rings. The molecule has 2 rings (SSSR count). The van der Waals surface area contributed by atoms with Gasteiger partial charge >= 0.3 is 0 Å². The summed E-state index contributed by atoms with van der Waals surface area (Å²) in [6.07, 6.45) is 1.38. The molecule has 0 fully saturated rings. The van der Waals surface area contributed by atoms with Crippen LogP contribution in [0, 0.1) is 0 Å². The van der Waals surface area contributed by atoms with Crippen molar-refractivity contribution in [2.24, 2.45) is 0 Å². The summed E-state index contributed by atoms with van der Waals surface area (Å²) in [5, 5.41) is 0. The van der Waals surface area contributed by atoms with E-state index in [0.717, 1.165) is 10.0 Å². The van der Waals surface area contributed by atoms with Crippen LogP contribution in [0.1, 0.15) is 12.5 Å². The van der Waals surface area contributed by atoms with Gasteiger partial charge in [-0.2, -0.15) is 0 Å². The topological polar surface area (TPSA) is 37.4 Å². The Bertz CT molecular complexity index is 494. The molecule has 0 aliphatic carbocycles. The molecule has 4 heteroatoms. The molecule has 0 N–H and O–H groups in total. The minimum atomic E-state index is -0.234. The highest BCUT2D eigenvalue weighted by molar-refractivity contribution is 9.10. The zero-order chi connectivity index (χ0) is 11.7.